The lowest BCUT2D eigenvalue weighted by atomic mass is 10.0. The summed E-state index contributed by atoms with van der Waals surface area (Å²) in [7, 11) is 1.53. The smallest absolute Gasteiger partial charge is 0.240 e. The van der Waals surface area contributed by atoms with Crippen LogP contribution in [0.25, 0.3) is 21.3 Å². The number of rotatable bonds is 7. The van der Waals surface area contributed by atoms with E-state index in [0.717, 1.165) is 10.3 Å². The molecule has 7 nitrogen and oxygen atoms in total. The van der Waals surface area contributed by atoms with Gasteiger partial charge in [0.05, 0.1) is 36.4 Å². The van der Waals surface area contributed by atoms with Gasteiger partial charge in [-0.3, -0.25) is 9.59 Å². The summed E-state index contributed by atoms with van der Waals surface area (Å²) in [5.41, 5.74) is 2.08. The molecule has 0 aliphatic rings. The first-order chi connectivity index (χ1) is 14.0. The van der Waals surface area contributed by atoms with E-state index in [0.29, 0.717) is 21.8 Å². The normalized spacial score (nSPS) is 10.4. The van der Waals surface area contributed by atoms with E-state index in [1.54, 1.807) is 24.3 Å². The minimum absolute atomic E-state index is 0.0164. The monoisotopic (exact) mass is 412 g/mol. The van der Waals surface area contributed by atoms with Gasteiger partial charge in [-0.1, -0.05) is 12.1 Å². The lowest BCUT2D eigenvalue weighted by Gasteiger charge is -2.08. The molecule has 1 heterocycles. The second kappa shape index (κ2) is 9.12. The molecule has 1 aromatic heterocycles. The van der Waals surface area contributed by atoms with E-state index < -0.39 is 5.91 Å². The number of ether oxygens (including phenoxy) is 1. The van der Waals surface area contributed by atoms with Gasteiger partial charge in [0.25, 0.3) is 0 Å². The largest absolute Gasteiger partial charge is 0.496 e. The first kappa shape index (κ1) is 20.2. The number of hydrogen-bond acceptors (Lipinski definition) is 6. The van der Waals surface area contributed by atoms with Crippen molar-refractivity contribution in [2.45, 2.75) is 6.42 Å². The third-order valence-electron chi connectivity index (χ3n) is 4.01. The van der Waals surface area contributed by atoms with Gasteiger partial charge in [-0.05, 0) is 23.8 Å². The van der Waals surface area contributed by atoms with E-state index >= 15 is 0 Å². The van der Waals surface area contributed by atoms with Gasteiger partial charge in [-0.15, -0.1) is 11.3 Å². The number of thiazole rings is 1. The van der Waals surface area contributed by atoms with Crippen molar-refractivity contribution in [1.82, 2.24) is 15.6 Å². The molecule has 0 aliphatic heterocycles. The van der Waals surface area contributed by atoms with Crippen molar-refractivity contribution in [2.24, 2.45) is 0 Å². The molecule has 148 valence electrons. The first-order valence-electron chi connectivity index (χ1n) is 8.64. The molecule has 29 heavy (non-hydrogen) atoms. The molecular formula is C20H17FN4O3S. The maximum Gasteiger partial charge on any atom is 0.240 e. The van der Waals surface area contributed by atoms with Crippen LogP contribution in [0.5, 0.6) is 5.75 Å². The van der Waals surface area contributed by atoms with Crippen LogP contribution in [0.2, 0.25) is 0 Å². The molecular weight excluding hydrogens is 395 g/mol. The summed E-state index contributed by atoms with van der Waals surface area (Å²) in [6, 6.07) is 11.6. The van der Waals surface area contributed by atoms with Gasteiger partial charge in [-0.25, -0.2) is 9.37 Å². The Morgan fingerprint density at radius 1 is 1.24 bits per heavy atom. The molecule has 2 amide bonds. The number of nitrogens with one attached hydrogen (secondary N) is 2. The Bertz CT molecular complexity index is 1110. The van der Waals surface area contributed by atoms with Crippen LogP contribution in [0, 0.1) is 17.1 Å². The number of aromatic nitrogens is 1. The van der Waals surface area contributed by atoms with Crippen LogP contribution in [0.1, 0.15) is 5.01 Å². The highest BCUT2D eigenvalue weighted by Gasteiger charge is 2.14. The van der Waals surface area contributed by atoms with Crippen LogP contribution in [0.4, 0.5) is 4.39 Å². The summed E-state index contributed by atoms with van der Waals surface area (Å²) < 4.78 is 19.9. The highest BCUT2D eigenvalue weighted by atomic mass is 32.1. The van der Waals surface area contributed by atoms with Crippen LogP contribution in [-0.2, 0) is 16.0 Å². The number of halogens is 1. The minimum Gasteiger partial charge on any atom is -0.496 e. The highest BCUT2D eigenvalue weighted by molar-refractivity contribution is 7.18. The third-order valence-corrected chi connectivity index (χ3v) is 5.03. The zero-order valence-corrected chi connectivity index (χ0v) is 16.3. The fourth-order valence-electron chi connectivity index (χ4n) is 2.71. The fraction of sp³-hybridized carbons (Fsp3) is 0.200. The van der Waals surface area contributed by atoms with Crippen molar-refractivity contribution >= 4 is 33.4 Å². The molecule has 3 rings (SSSR count). The number of nitrogens with zero attached hydrogens (tertiary/aromatic N) is 2. The number of benzene rings is 2. The molecule has 2 N–H and O–H groups in total. The summed E-state index contributed by atoms with van der Waals surface area (Å²) in [6.07, 6.45) is 0.0164. The standard InChI is InChI=1S/C20H17FN4O3S/c1-28-16-9-15-17(8-14(16)12-3-2-4-13(21)7-12)29-20(25-15)10-18(26)24-11-19(27)23-6-5-22/h2-4,7-9H,6,10-11H2,1H3,(H,23,27)(H,24,26). The average molecular weight is 412 g/mol. The van der Waals surface area contributed by atoms with E-state index in [1.807, 2.05) is 6.07 Å². The summed E-state index contributed by atoms with van der Waals surface area (Å²) in [4.78, 5) is 27.9. The fourth-order valence-corrected chi connectivity index (χ4v) is 3.69. The van der Waals surface area contributed by atoms with Gasteiger partial charge in [-0.2, -0.15) is 5.26 Å². The van der Waals surface area contributed by atoms with Crippen molar-refractivity contribution in [3.05, 3.63) is 47.2 Å². The van der Waals surface area contributed by atoms with E-state index in [1.165, 1.54) is 30.6 Å². The minimum atomic E-state index is -0.436. The Kier molecular flexibility index (Phi) is 6.36. The molecule has 0 bridgehead atoms. The van der Waals surface area contributed by atoms with Crippen LogP contribution < -0.4 is 15.4 Å². The second-order valence-corrected chi connectivity index (χ2v) is 7.14. The number of carbonyl (C=O) groups excluding carboxylic acids is 2. The Morgan fingerprint density at radius 2 is 2.07 bits per heavy atom. The Hall–Kier alpha value is -3.51. The molecule has 0 saturated carbocycles. The second-order valence-electron chi connectivity index (χ2n) is 6.03. The van der Waals surface area contributed by atoms with Crippen molar-refractivity contribution in [2.75, 3.05) is 20.2 Å². The molecule has 0 spiro atoms. The number of nitriles is 1. The Labute approximate surface area is 170 Å². The zero-order chi connectivity index (χ0) is 20.8. The maximum atomic E-state index is 13.6. The molecule has 0 saturated heterocycles. The maximum absolute atomic E-state index is 13.6. The molecule has 0 aliphatic carbocycles. The number of hydrogen-bond donors (Lipinski definition) is 2. The summed E-state index contributed by atoms with van der Waals surface area (Å²) in [6.45, 7) is -0.314. The van der Waals surface area contributed by atoms with Gasteiger partial charge in [0, 0.05) is 11.6 Å². The molecule has 2 aromatic carbocycles. The molecule has 3 aromatic rings. The third kappa shape index (κ3) is 5.06. The van der Waals surface area contributed by atoms with Gasteiger partial charge in [0.1, 0.15) is 23.1 Å². The summed E-state index contributed by atoms with van der Waals surface area (Å²) >= 11 is 1.34. The van der Waals surface area contributed by atoms with Crippen molar-refractivity contribution in [3.8, 4) is 22.9 Å². The predicted molar refractivity (Wildman–Crippen MR) is 107 cm³/mol. The van der Waals surface area contributed by atoms with Crippen LogP contribution in [0.3, 0.4) is 0 Å². The SMILES string of the molecule is COc1cc2nc(CC(=O)NCC(=O)NCC#N)sc2cc1-c1cccc(F)c1. The van der Waals surface area contributed by atoms with E-state index in [9.17, 15) is 14.0 Å². The molecule has 0 atom stereocenters. The van der Waals surface area contributed by atoms with Crippen molar-refractivity contribution in [3.63, 3.8) is 0 Å². The van der Waals surface area contributed by atoms with E-state index in [4.69, 9.17) is 10.00 Å². The van der Waals surface area contributed by atoms with E-state index in [-0.39, 0.29) is 31.2 Å². The zero-order valence-electron chi connectivity index (χ0n) is 15.5. The Morgan fingerprint density at radius 3 is 2.79 bits per heavy atom. The summed E-state index contributed by atoms with van der Waals surface area (Å²) in [5, 5.41) is 13.8. The van der Waals surface area contributed by atoms with Crippen molar-refractivity contribution in [1.29, 1.82) is 5.26 Å². The predicted octanol–water partition coefficient (Wildman–Crippen LogP) is 2.41. The topological polar surface area (TPSA) is 104 Å². The quantitative estimate of drug-likeness (QED) is 0.580. The van der Waals surface area contributed by atoms with Crippen LogP contribution in [0.15, 0.2) is 36.4 Å². The average Bonchev–Trinajstić information content (AvgIpc) is 3.10. The van der Waals surface area contributed by atoms with Crippen molar-refractivity contribution < 1.29 is 18.7 Å². The van der Waals surface area contributed by atoms with Gasteiger partial charge in [0.2, 0.25) is 11.8 Å². The number of amides is 2. The van der Waals surface area contributed by atoms with E-state index in [2.05, 4.69) is 15.6 Å². The van der Waals surface area contributed by atoms with Gasteiger partial charge >= 0.3 is 0 Å². The van der Waals surface area contributed by atoms with Crippen LogP contribution in [-0.4, -0.2) is 37.0 Å². The van der Waals surface area contributed by atoms with Gasteiger partial charge in [0.15, 0.2) is 0 Å². The molecule has 0 unspecified atom stereocenters. The molecule has 9 heteroatoms. The molecule has 0 radical (unpaired) electrons. The number of carbonyl (C=O) groups is 2. The highest BCUT2D eigenvalue weighted by Crippen LogP contribution is 2.36. The summed E-state index contributed by atoms with van der Waals surface area (Å²) in [5.74, 6) is -0.578. The number of methoxy groups -OCH3 is 1. The lowest BCUT2D eigenvalue weighted by Crippen LogP contribution is -2.37. The molecule has 0 fully saturated rings. The first-order valence-corrected chi connectivity index (χ1v) is 9.45. The Balaban J connectivity index is 1.77. The number of fused-ring (bicyclic) bond motifs is 1. The van der Waals surface area contributed by atoms with Gasteiger partial charge < -0.3 is 15.4 Å². The van der Waals surface area contributed by atoms with Crippen LogP contribution >= 0.6 is 11.3 Å². The lowest BCUT2D eigenvalue weighted by molar-refractivity contribution is -0.125.